The maximum absolute atomic E-state index is 13.0. The lowest BCUT2D eigenvalue weighted by atomic mass is 9.91. The Kier molecular flexibility index (Phi) is 9.59. The second kappa shape index (κ2) is 14.8. The monoisotopic (exact) mass is 725 g/mol. The van der Waals surface area contributed by atoms with Gasteiger partial charge in [-0.25, -0.2) is 0 Å². The number of amides is 2. The second-order valence-corrected chi connectivity index (χ2v) is 14.1. The minimum absolute atomic E-state index is 0.0408. The van der Waals surface area contributed by atoms with Crippen LogP contribution < -0.4 is 0 Å². The summed E-state index contributed by atoms with van der Waals surface area (Å²) in [5, 5.41) is 32.2. The van der Waals surface area contributed by atoms with E-state index in [-0.39, 0.29) is 48.8 Å². The number of fused-ring (bicyclic) bond motifs is 1. The summed E-state index contributed by atoms with van der Waals surface area (Å²) in [6.45, 7) is 2.24. The lowest BCUT2D eigenvalue weighted by Gasteiger charge is -2.41. The number of nitrogens with zero attached hydrogens (tertiary/aromatic N) is 5. The van der Waals surface area contributed by atoms with E-state index in [0.29, 0.717) is 22.0 Å². The highest BCUT2D eigenvalue weighted by Crippen LogP contribution is 2.43. The molecular weight excluding hydrogens is 691 g/mol. The number of imide groups is 1. The Balaban J connectivity index is 1.01. The van der Waals surface area contributed by atoms with Crippen LogP contribution in [0.2, 0.25) is 0 Å². The van der Waals surface area contributed by atoms with E-state index in [4.69, 9.17) is 9.47 Å². The number of hydrogen-bond acceptors (Lipinski definition) is 10. The highest BCUT2D eigenvalue weighted by Gasteiger charge is 2.39. The van der Waals surface area contributed by atoms with E-state index < -0.39 is 6.29 Å². The predicted octanol–water partition coefficient (Wildman–Crippen LogP) is 6.91. The zero-order valence-corrected chi connectivity index (χ0v) is 29.5. The summed E-state index contributed by atoms with van der Waals surface area (Å²) in [5.41, 5.74) is 7.02. The van der Waals surface area contributed by atoms with Gasteiger partial charge in [0.15, 0.2) is 6.29 Å². The number of carbonyl (C=O) groups is 2. The van der Waals surface area contributed by atoms with Crippen LogP contribution in [-0.4, -0.2) is 59.0 Å². The lowest BCUT2D eigenvalue weighted by molar-refractivity contribution is -0.268. The Labute approximate surface area is 309 Å². The number of aromatic hydroxyl groups is 1. The number of aliphatic hydroxyl groups excluding tert-OH is 1. The quantitative estimate of drug-likeness (QED) is 0.113. The molecule has 3 heterocycles. The van der Waals surface area contributed by atoms with Gasteiger partial charge in [0, 0.05) is 17.2 Å². The largest absolute Gasteiger partial charge is 0.508 e. The minimum atomic E-state index is -0.665. The van der Waals surface area contributed by atoms with E-state index in [9.17, 15) is 19.8 Å². The van der Waals surface area contributed by atoms with Gasteiger partial charge in [-0.2, -0.15) is 4.68 Å². The van der Waals surface area contributed by atoms with E-state index in [1.54, 1.807) is 53.2 Å². The summed E-state index contributed by atoms with van der Waals surface area (Å²) in [4.78, 5) is 27.2. The molecule has 2 amide bonds. The molecule has 2 aliphatic rings. The molecule has 0 spiro atoms. The van der Waals surface area contributed by atoms with Gasteiger partial charge >= 0.3 is 0 Å². The number of phenols is 1. The maximum Gasteiger partial charge on any atom is 0.261 e. The molecule has 266 valence electrons. The van der Waals surface area contributed by atoms with Crippen LogP contribution >= 0.6 is 11.8 Å². The van der Waals surface area contributed by atoms with Crippen molar-refractivity contribution < 1.29 is 29.3 Å². The van der Waals surface area contributed by atoms with Crippen LogP contribution in [0.25, 0.3) is 16.8 Å². The number of aliphatic hydroxyl groups is 1. The number of aromatic nitrogens is 4. The van der Waals surface area contributed by atoms with Gasteiger partial charge < -0.3 is 19.7 Å². The summed E-state index contributed by atoms with van der Waals surface area (Å²) in [6, 6.07) is 37.2. The van der Waals surface area contributed by atoms with Crippen LogP contribution in [-0.2, 0) is 22.6 Å². The van der Waals surface area contributed by atoms with Gasteiger partial charge in [-0.15, -0.1) is 5.10 Å². The highest BCUT2D eigenvalue weighted by molar-refractivity contribution is 7.99. The molecule has 6 aromatic rings. The minimum Gasteiger partial charge on any atom is -0.508 e. The number of tetrazole rings is 1. The van der Waals surface area contributed by atoms with Crippen molar-refractivity contribution >= 4 is 23.6 Å². The van der Waals surface area contributed by atoms with Gasteiger partial charge in [-0.3, -0.25) is 14.5 Å². The molecule has 4 unspecified atom stereocenters. The van der Waals surface area contributed by atoms with Gasteiger partial charge in [-0.05, 0) is 80.7 Å². The van der Waals surface area contributed by atoms with E-state index in [2.05, 4.69) is 22.4 Å². The smallest absolute Gasteiger partial charge is 0.261 e. The van der Waals surface area contributed by atoms with Crippen molar-refractivity contribution in [2.45, 2.75) is 43.7 Å². The molecule has 11 nitrogen and oxygen atoms in total. The zero-order valence-electron chi connectivity index (χ0n) is 28.6. The Morgan fingerprint density at radius 2 is 1.45 bits per heavy atom. The van der Waals surface area contributed by atoms with Gasteiger partial charge in [-0.1, -0.05) is 97.5 Å². The fourth-order valence-corrected chi connectivity index (χ4v) is 7.79. The van der Waals surface area contributed by atoms with Crippen molar-refractivity contribution in [3.05, 3.63) is 155 Å². The van der Waals surface area contributed by atoms with E-state index in [1.807, 2.05) is 72.8 Å². The average molecular weight is 726 g/mol. The van der Waals surface area contributed by atoms with Gasteiger partial charge in [0.2, 0.25) is 5.16 Å². The van der Waals surface area contributed by atoms with Gasteiger partial charge in [0.25, 0.3) is 11.8 Å². The summed E-state index contributed by atoms with van der Waals surface area (Å²) in [6.07, 6.45) is -1.20. The molecule has 8 rings (SSSR count). The molecule has 2 N–H and O–H groups in total. The van der Waals surface area contributed by atoms with Gasteiger partial charge in [0.05, 0.1) is 42.2 Å². The molecule has 0 saturated carbocycles. The molecule has 0 bridgehead atoms. The number of ether oxygens (including phenoxy) is 2. The normalized spacial score (nSPS) is 19.8. The summed E-state index contributed by atoms with van der Waals surface area (Å²) < 4.78 is 15.0. The number of hydrogen-bond donors (Lipinski definition) is 2. The molecule has 12 heteroatoms. The fraction of sp³-hybridized carbons (Fsp3) is 0.195. The molecule has 0 radical (unpaired) electrons. The molecular formula is C41H35N5O6S. The van der Waals surface area contributed by atoms with Crippen molar-refractivity contribution in [2.24, 2.45) is 5.92 Å². The number of phenolic OH excluding ortho intramolecular Hbond substituents is 1. The van der Waals surface area contributed by atoms with Crippen molar-refractivity contribution in [1.29, 1.82) is 0 Å². The zero-order chi connectivity index (χ0) is 36.5. The standard InChI is InChI=1S/C41H35N5O6S/c1-25-36(24-53-41-42-43-44-46(41)32-17-19-33(48)20-18-32)51-40(52-37(25)29-11-9-26(23-47)10-12-29)30-15-13-28(14-16-30)31-6-4-5-27(21-31)22-45-38(49)34-7-2-3-8-35(34)39(45)50/h2-21,25,36-37,40,47-48H,22-24H2,1H3. The molecule has 1 aromatic heterocycles. The van der Waals surface area contributed by atoms with Crippen LogP contribution in [0.5, 0.6) is 5.75 Å². The Bertz CT molecular complexity index is 2230. The van der Waals surface area contributed by atoms with Crippen LogP contribution in [0.3, 0.4) is 0 Å². The first-order valence-corrected chi connectivity index (χ1v) is 18.2. The molecule has 53 heavy (non-hydrogen) atoms. The maximum atomic E-state index is 13.0. The van der Waals surface area contributed by atoms with Crippen LogP contribution in [0.4, 0.5) is 0 Å². The topological polar surface area (TPSA) is 140 Å². The number of benzene rings is 5. The third-order valence-corrected chi connectivity index (χ3v) is 10.7. The van der Waals surface area contributed by atoms with Gasteiger partial charge in [0.1, 0.15) is 5.75 Å². The summed E-state index contributed by atoms with van der Waals surface area (Å²) >= 11 is 1.48. The van der Waals surface area contributed by atoms with Crippen molar-refractivity contribution in [1.82, 2.24) is 25.1 Å². The fourth-order valence-electron chi connectivity index (χ4n) is 6.74. The first-order chi connectivity index (χ1) is 25.9. The Hall–Kier alpha value is -5.66. The number of carbonyl (C=O) groups excluding carboxylic acids is 2. The number of thioether (sulfide) groups is 1. The van der Waals surface area contributed by atoms with E-state index >= 15 is 0 Å². The third kappa shape index (κ3) is 6.97. The Morgan fingerprint density at radius 1 is 0.755 bits per heavy atom. The Morgan fingerprint density at radius 3 is 2.15 bits per heavy atom. The highest BCUT2D eigenvalue weighted by atomic mass is 32.2. The van der Waals surface area contributed by atoms with Crippen molar-refractivity contribution in [3.8, 4) is 22.6 Å². The molecule has 1 fully saturated rings. The summed E-state index contributed by atoms with van der Waals surface area (Å²) in [7, 11) is 0. The van der Waals surface area contributed by atoms with Crippen molar-refractivity contribution in [2.75, 3.05) is 5.75 Å². The van der Waals surface area contributed by atoms with E-state index in [1.165, 1.54) is 16.7 Å². The summed E-state index contributed by atoms with van der Waals surface area (Å²) in [5.74, 6) is 0.101. The van der Waals surface area contributed by atoms with E-state index in [0.717, 1.165) is 39.1 Å². The molecule has 5 aromatic carbocycles. The molecule has 2 aliphatic heterocycles. The third-order valence-electron chi connectivity index (χ3n) is 9.70. The first-order valence-electron chi connectivity index (χ1n) is 17.2. The first kappa shape index (κ1) is 34.4. The average Bonchev–Trinajstić information content (AvgIpc) is 3.77. The second-order valence-electron chi connectivity index (χ2n) is 13.1. The lowest BCUT2D eigenvalue weighted by Crippen LogP contribution is -2.38. The predicted molar refractivity (Wildman–Crippen MR) is 197 cm³/mol. The van der Waals surface area contributed by atoms with Crippen LogP contribution in [0.15, 0.2) is 126 Å². The van der Waals surface area contributed by atoms with Crippen LogP contribution in [0, 0.1) is 5.92 Å². The van der Waals surface area contributed by atoms with Crippen molar-refractivity contribution in [3.63, 3.8) is 0 Å². The molecule has 0 aliphatic carbocycles. The molecule has 1 saturated heterocycles. The van der Waals surface area contributed by atoms with Crippen LogP contribution in [0.1, 0.15) is 62.3 Å². The molecule has 4 atom stereocenters. The SMILES string of the molecule is CC1C(CSc2nnnn2-c2ccc(O)cc2)OC(c2ccc(-c3cccc(CN4C(=O)c5ccccc5C4=O)c3)cc2)OC1c1ccc(CO)cc1. The number of rotatable bonds is 10.